The number of ether oxygens (including phenoxy) is 1. The first-order valence-corrected chi connectivity index (χ1v) is 9.65. The molecule has 2 heterocycles. The minimum absolute atomic E-state index is 0.0213. The highest BCUT2D eigenvalue weighted by Gasteiger charge is 2.33. The van der Waals surface area contributed by atoms with E-state index in [1.807, 2.05) is 24.3 Å². The Morgan fingerprint density at radius 3 is 2.32 bits per heavy atom. The van der Waals surface area contributed by atoms with Gasteiger partial charge >= 0.3 is 0 Å². The molecule has 0 bridgehead atoms. The molecule has 4 rings (SSSR count). The second kappa shape index (κ2) is 8.31. The molecule has 2 aromatic carbocycles. The molecular formula is C22H21N5O4. The zero-order valence-electron chi connectivity index (χ0n) is 17.0. The van der Waals surface area contributed by atoms with Crippen molar-refractivity contribution in [3.8, 4) is 16.9 Å². The summed E-state index contributed by atoms with van der Waals surface area (Å²) in [6.07, 6.45) is 1.61. The largest absolute Gasteiger partial charge is 0.497 e. The van der Waals surface area contributed by atoms with Gasteiger partial charge in [-0.2, -0.15) is 5.10 Å². The van der Waals surface area contributed by atoms with E-state index in [-0.39, 0.29) is 24.1 Å². The number of aromatic nitrogens is 2. The van der Waals surface area contributed by atoms with Crippen molar-refractivity contribution in [2.24, 2.45) is 0 Å². The molecule has 9 nitrogen and oxygen atoms in total. The van der Waals surface area contributed by atoms with Gasteiger partial charge in [0.2, 0.25) is 17.7 Å². The summed E-state index contributed by atoms with van der Waals surface area (Å²) in [6, 6.07) is 13.3. The lowest BCUT2D eigenvalue weighted by atomic mass is 10.1. The van der Waals surface area contributed by atoms with Crippen LogP contribution < -0.4 is 20.7 Å². The fraction of sp³-hybridized carbons (Fsp3) is 0.182. The molecule has 0 fully saturated rings. The Hall–Kier alpha value is -4.14. The van der Waals surface area contributed by atoms with Crippen molar-refractivity contribution in [3.63, 3.8) is 0 Å². The topological polar surface area (TPSA) is 114 Å². The maximum atomic E-state index is 12.9. The van der Waals surface area contributed by atoms with Crippen LogP contribution in [0, 0.1) is 0 Å². The Balaban J connectivity index is 1.56. The summed E-state index contributed by atoms with van der Waals surface area (Å²) in [7, 11) is 1.59. The normalized spacial score (nSPS) is 14.9. The zero-order chi connectivity index (χ0) is 22.0. The molecule has 1 aliphatic heterocycles. The smallest absolute Gasteiger partial charge is 0.249 e. The van der Waals surface area contributed by atoms with E-state index in [1.165, 1.54) is 11.6 Å². The van der Waals surface area contributed by atoms with Gasteiger partial charge in [0.05, 0.1) is 19.7 Å². The Morgan fingerprint density at radius 1 is 1.06 bits per heavy atom. The van der Waals surface area contributed by atoms with Crippen molar-refractivity contribution >= 4 is 34.9 Å². The molecule has 0 saturated heterocycles. The van der Waals surface area contributed by atoms with Gasteiger partial charge in [0.25, 0.3) is 0 Å². The SMILES string of the molecule is COc1ccc(-c2cnn3c2NC(=O)C[C@@H]3C(=O)Nc2ccc(NC(C)=O)cc2)cc1. The molecule has 0 unspecified atom stereocenters. The number of amides is 3. The van der Waals surface area contributed by atoms with Gasteiger partial charge in [0.1, 0.15) is 17.6 Å². The van der Waals surface area contributed by atoms with E-state index in [2.05, 4.69) is 21.0 Å². The molecule has 1 aromatic heterocycles. The summed E-state index contributed by atoms with van der Waals surface area (Å²) in [5, 5.41) is 12.7. The van der Waals surface area contributed by atoms with Crippen molar-refractivity contribution in [1.29, 1.82) is 0 Å². The predicted molar refractivity (Wildman–Crippen MR) is 116 cm³/mol. The van der Waals surface area contributed by atoms with Gasteiger partial charge in [-0.3, -0.25) is 14.4 Å². The van der Waals surface area contributed by atoms with Crippen LogP contribution in [-0.2, 0) is 14.4 Å². The minimum atomic E-state index is -0.786. The molecule has 0 spiro atoms. The number of benzene rings is 2. The van der Waals surface area contributed by atoms with Crippen LogP contribution in [0.4, 0.5) is 17.2 Å². The van der Waals surface area contributed by atoms with E-state index in [9.17, 15) is 14.4 Å². The third-order valence-electron chi connectivity index (χ3n) is 4.90. The summed E-state index contributed by atoms with van der Waals surface area (Å²) < 4.78 is 6.71. The van der Waals surface area contributed by atoms with Crippen molar-refractivity contribution in [3.05, 3.63) is 54.7 Å². The molecule has 31 heavy (non-hydrogen) atoms. The van der Waals surface area contributed by atoms with E-state index < -0.39 is 6.04 Å². The van der Waals surface area contributed by atoms with Crippen LogP contribution in [0.3, 0.4) is 0 Å². The number of rotatable bonds is 5. The van der Waals surface area contributed by atoms with Gasteiger partial charge in [-0.25, -0.2) is 4.68 Å². The molecule has 3 amide bonds. The van der Waals surface area contributed by atoms with Gasteiger partial charge in [0.15, 0.2) is 0 Å². The monoisotopic (exact) mass is 419 g/mol. The zero-order valence-corrected chi connectivity index (χ0v) is 17.0. The highest BCUT2D eigenvalue weighted by molar-refractivity contribution is 6.03. The molecule has 1 aliphatic rings. The molecule has 0 radical (unpaired) electrons. The fourth-order valence-electron chi connectivity index (χ4n) is 3.42. The molecule has 9 heteroatoms. The first-order valence-electron chi connectivity index (χ1n) is 9.65. The average Bonchev–Trinajstić information content (AvgIpc) is 3.18. The van der Waals surface area contributed by atoms with Crippen molar-refractivity contribution in [2.75, 3.05) is 23.1 Å². The Bertz CT molecular complexity index is 1140. The number of hydrogen-bond donors (Lipinski definition) is 3. The molecule has 3 N–H and O–H groups in total. The van der Waals surface area contributed by atoms with E-state index in [4.69, 9.17) is 4.74 Å². The van der Waals surface area contributed by atoms with Crippen LogP contribution in [0.5, 0.6) is 5.75 Å². The van der Waals surface area contributed by atoms with Crippen LogP contribution in [0.1, 0.15) is 19.4 Å². The number of anilines is 3. The second-order valence-electron chi connectivity index (χ2n) is 7.10. The number of carbonyl (C=O) groups is 3. The van der Waals surface area contributed by atoms with Gasteiger partial charge in [-0.15, -0.1) is 0 Å². The maximum Gasteiger partial charge on any atom is 0.249 e. The summed E-state index contributed by atoms with van der Waals surface area (Å²) in [5.41, 5.74) is 2.74. The summed E-state index contributed by atoms with van der Waals surface area (Å²) in [5.74, 6) is 0.402. The average molecular weight is 419 g/mol. The van der Waals surface area contributed by atoms with Crippen LogP contribution >= 0.6 is 0 Å². The number of hydrogen-bond acceptors (Lipinski definition) is 5. The summed E-state index contributed by atoms with van der Waals surface area (Å²) in [4.78, 5) is 36.4. The lowest BCUT2D eigenvalue weighted by molar-refractivity contribution is -0.125. The van der Waals surface area contributed by atoms with E-state index in [1.54, 1.807) is 37.6 Å². The first kappa shape index (κ1) is 20.1. The van der Waals surface area contributed by atoms with Gasteiger partial charge in [-0.1, -0.05) is 12.1 Å². The molecule has 158 valence electrons. The molecular weight excluding hydrogens is 398 g/mol. The maximum absolute atomic E-state index is 12.9. The molecule has 0 saturated carbocycles. The van der Waals surface area contributed by atoms with Gasteiger partial charge < -0.3 is 20.7 Å². The minimum Gasteiger partial charge on any atom is -0.497 e. The third-order valence-corrected chi connectivity index (χ3v) is 4.90. The van der Waals surface area contributed by atoms with Gasteiger partial charge in [-0.05, 0) is 42.0 Å². The van der Waals surface area contributed by atoms with Crippen LogP contribution in [0.15, 0.2) is 54.7 Å². The first-order chi connectivity index (χ1) is 14.9. The van der Waals surface area contributed by atoms with Crippen LogP contribution in [-0.4, -0.2) is 34.6 Å². The Kier molecular flexibility index (Phi) is 5.40. The van der Waals surface area contributed by atoms with E-state index >= 15 is 0 Å². The number of nitrogens with one attached hydrogen (secondary N) is 3. The predicted octanol–water partition coefficient (Wildman–Crippen LogP) is 3.04. The quantitative estimate of drug-likeness (QED) is 0.588. The van der Waals surface area contributed by atoms with Crippen molar-refractivity contribution in [1.82, 2.24) is 9.78 Å². The Labute approximate surface area is 178 Å². The third kappa shape index (κ3) is 4.25. The number of fused-ring (bicyclic) bond motifs is 1. The van der Waals surface area contributed by atoms with Crippen LogP contribution in [0.25, 0.3) is 11.1 Å². The number of carbonyl (C=O) groups excluding carboxylic acids is 3. The van der Waals surface area contributed by atoms with Crippen LogP contribution in [0.2, 0.25) is 0 Å². The highest BCUT2D eigenvalue weighted by atomic mass is 16.5. The summed E-state index contributed by atoms with van der Waals surface area (Å²) >= 11 is 0. The summed E-state index contributed by atoms with van der Waals surface area (Å²) in [6.45, 7) is 1.42. The fourth-order valence-corrected chi connectivity index (χ4v) is 3.42. The lowest BCUT2D eigenvalue weighted by Gasteiger charge is -2.24. The number of methoxy groups -OCH3 is 1. The molecule has 3 aromatic rings. The highest BCUT2D eigenvalue weighted by Crippen LogP contribution is 2.35. The van der Waals surface area contributed by atoms with Crippen molar-refractivity contribution in [2.45, 2.75) is 19.4 Å². The number of nitrogens with zero attached hydrogens (tertiary/aromatic N) is 2. The van der Waals surface area contributed by atoms with E-state index in [0.29, 0.717) is 22.8 Å². The Morgan fingerprint density at radius 2 is 1.71 bits per heavy atom. The molecule has 1 atom stereocenters. The standard InChI is InChI=1S/C22H21N5O4/c1-13(28)24-15-5-7-16(8-6-15)25-22(30)19-11-20(29)26-21-18(12-23-27(19)21)14-3-9-17(31-2)10-4-14/h3-10,12,19H,11H2,1-2H3,(H,24,28)(H,25,30)(H,26,29)/t19-/m1/s1. The van der Waals surface area contributed by atoms with Gasteiger partial charge in [0, 0.05) is 23.9 Å². The lowest BCUT2D eigenvalue weighted by Crippen LogP contribution is -2.35. The van der Waals surface area contributed by atoms with Crippen molar-refractivity contribution < 1.29 is 19.1 Å². The second-order valence-corrected chi connectivity index (χ2v) is 7.10. The van der Waals surface area contributed by atoms with E-state index in [0.717, 1.165) is 11.3 Å². The molecule has 0 aliphatic carbocycles.